The summed E-state index contributed by atoms with van der Waals surface area (Å²) in [5.74, 6) is 0.301. The molecule has 1 aromatic heterocycles. The van der Waals surface area contributed by atoms with Crippen molar-refractivity contribution in [1.29, 1.82) is 0 Å². The van der Waals surface area contributed by atoms with Gasteiger partial charge in [-0.2, -0.15) is 0 Å². The fourth-order valence-corrected chi connectivity index (χ4v) is 3.51. The third-order valence-corrected chi connectivity index (χ3v) is 4.64. The standard InChI is InChI=1S/C17H21ClN2S/c1-11(2)14-15(18)19-10-20-16(14)21-13-8-6-12(7-9-13)17(3,4)5/h6-11H,1-5H3. The van der Waals surface area contributed by atoms with Gasteiger partial charge >= 0.3 is 0 Å². The maximum atomic E-state index is 6.21. The summed E-state index contributed by atoms with van der Waals surface area (Å²) >= 11 is 7.85. The Morgan fingerprint density at radius 1 is 1.05 bits per heavy atom. The number of rotatable bonds is 3. The van der Waals surface area contributed by atoms with Crippen LogP contribution in [0, 0.1) is 0 Å². The van der Waals surface area contributed by atoms with Crippen LogP contribution in [0.4, 0.5) is 0 Å². The van der Waals surface area contributed by atoms with E-state index in [4.69, 9.17) is 11.6 Å². The van der Waals surface area contributed by atoms with Crippen LogP contribution in [0.2, 0.25) is 5.15 Å². The Morgan fingerprint density at radius 3 is 2.19 bits per heavy atom. The summed E-state index contributed by atoms with van der Waals surface area (Å²) in [4.78, 5) is 9.65. The zero-order valence-electron chi connectivity index (χ0n) is 13.1. The van der Waals surface area contributed by atoms with Crippen LogP contribution in [0.15, 0.2) is 40.5 Å². The third-order valence-electron chi connectivity index (χ3n) is 3.31. The Balaban J connectivity index is 2.29. The Morgan fingerprint density at radius 2 is 1.67 bits per heavy atom. The lowest BCUT2D eigenvalue weighted by atomic mass is 9.87. The molecule has 0 saturated heterocycles. The molecule has 0 spiro atoms. The van der Waals surface area contributed by atoms with Crippen molar-refractivity contribution >= 4 is 23.4 Å². The molecule has 0 aliphatic heterocycles. The zero-order valence-corrected chi connectivity index (χ0v) is 14.7. The van der Waals surface area contributed by atoms with Crippen LogP contribution in [-0.4, -0.2) is 9.97 Å². The molecular weight excluding hydrogens is 300 g/mol. The topological polar surface area (TPSA) is 25.8 Å². The van der Waals surface area contributed by atoms with Crippen molar-refractivity contribution in [2.24, 2.45) is 0 Å². The Labute approximate surface area is 136 Å². The summed E-state index contributed by atoms with van der Waals surface area (Å²) in [5.41, 5.74) is 2.52. The normalized spacial score (nSPS) is 12.0. The first-order valence-corrected chi connectivity index (χ1v) is 8.27. The van der Waals surface area contributed by atoms with Gasteiger partial charge in [0.15, 0.2) is 0 Å². The van der Waals surface area contributed by atoms with E-state index in [-0.39, 0.29) is 5.41 Å². The summed E-state index contributed by atoms with van der Waals surface area (Å²) in [5, 5.41) is 1.49. The predicted octanol–water partition coefficient (Wildman–Crippen LogP) is 5.70. The van der Waals surface area contributed by atoms with Gasteiger partial charge in [0, 0.05) is 10.5 Å². The lowest BCUT2D eigenvalue weighted by Gasteiger charge is -2.19. The summed E-state index contributed by atoms with van der Waals surface area (Å²) in [7, 11) is 0. The van der Waals surface area contributed by atoms with Gasteiger partial charge in [-0.25, -0.2) is 9.97 Å². The van der Waals surface area contributed by atoms with Crippen molar-refractivity contribution in [2.75, 3.05) is 0 Å². The molecule has 0 bridgehead atoms. The van der Waals surface area contributed by atoms with Gasteiger partial charge in [0.25, 0.3) is 0 Å². The minimum Gasteiger partial charge on any atom is -0.229 e. The van der Waals surface area contributed by atoms with Crippen LogP contribution in [0.25, 0.3) is 0 Å². The second kappa shape index (κ2) is 6.37. The molecule has 0 amide bonds. The number of halogens is 1. The SMILES string of the molecule is CC(C)c1c(Cl)ncnc1Sc1ccc(C(C)(C)C)cc1. The van der Waals surface area contributed by atoms with Crippen LogP contribution in [-0.2, 0) is 5.41 Å². The molecule has 0 atom stereocenters. The maximum Gasteiger partial charge on any atom is 0.137 e. The van der Waals surface area contributed by atoms with Gasteiger partial charge < -0.3 is 0 Å². The van der Waals surface area contributed by atoms with Crippen LogP contribution < -0.4 is 0 Å². The highest BCUT2D eigenvalue weighted by atomic mass is 35.5. The number of hydrogen-bond donors (Lipinski definition) is 0. The highest BCUT2D eigenvalue weighted by Crippen LogP contribution is 2.35. The summed E-state index contributed by atoms with van der Waals surface area (Å²) in [6.45, 7) is 10.9. The summed E-state index contributed by atoms with van der Waals surface area (Å²) in [6.07, 6.45) is 1.53. The van der Waals surface area contributed by atoms with Crippen molar-refractivity contribution in [3.63, 3.8) is 0 Å². The van der Waals surface area contributed by atoms with E-state index in [2.05, 4.69) is 68.9 Å². The van der Waals surface area contributed by atoms with Gasteiger partial charge in [-0.05, 0) is 29.0 Å². The molecule has 1 aromatic carbocycles. The Hall–Kier alpha value is -1.06. The van der Waals surface area contributed by atoms with E-state index in [1.54, 1.807) is 11.8 Å². The van der Waals surface area contributed by atoms with E-state index in [1.165, 1.54) is 16.8 Å². The number of aromatic nitrogens is 2. The fraction of sp³-hybridized carbons (Fsp3) is 0.412. The average molecular weight is 321 g/mol. The Kier molecular flexibility index (Phi) is 4.95. The van der Waals surface area contributed by atoms with E-state index in [0.717, 1.165) is 10.6 Å². The molecule has 2 rings (SSSR count). The Bertz CT molecular complexity index is 616. The van der Waals surface area contributed by atoms with Crippen LogP contribution in [0.5, 0.6) is 0 Å². The smallest absolute Gasteiger partial charge is 0.137 e. The quantitative estimate of drug-likeness (QED) is 0.678. The first-order chi connectivity index (χ1) is 9.79. The van der Waals surface area contributed by atoms with Gasteiger partial charge in [-0.3, -0.25) is 0 Å². The van der Waals surface area contributed by atoms with Gasteiger partial charge in [0.05, 0.1) is 0 Å². The molecule has 1 heterocycles. The van der Waals surface area contributed by atoms with Crippen molar-refractivity contribution in [3.05, 3.63) is 46.9 Å². The molecule has 0 aliphatic rings. The summed E-state index contributed by atoms with van der Waals surface area (Å²) in [6, 6.07) is 8.65. The summed E-state index contributed by atoms with van der Waals surface area (Å²) < 4.78 is 0. The predicted molar refractivity (Wildman–Crippen MR) is 90.4 cm³/mol. The van der Waals surface area contributed by atoms with Crippen molar-refractivity contribution in [1.82, 2.24) is 9.97 Å². The van der Waals surface area contributed by atoms with Crippen molar-refractivity contribution in [3.8, 4) is 0 Å². The molecule has 2 aromatic rings. The molecule has 4 heteroatoms. The van der Waals surface area contributed by atoms with E-state index < -0.39 is 0 Å². The number of nitrogens with zero attached hydrogens (tertiary/aromatic N) is 2. The van der Waals surface area contributed by atoms with Crippen molar-refractivity contribution in [2.45, 2.75) is 55.9 Å². The van der Waals surface area contributed by atoms with E-state index >= 15 is 0 Å². The fourth-order valence-electron chi connectivity index (χ4n) is 2.06. The first-order valence-electron chi connectivity index (χ1n) is 7.08. The van der Waals surface area contributed by atoms with Gasteiger partial charge in [0.1, 0.15) is 16.5 Å². The highest BCUT2D eigenvalue weighted by molar-refractivity contribution is 7.99. The lowest BCUT2D eigenvalue weighted by molar-refractivity contribution is 0.590. The minimum atomic E-state index is 0.171. The second-order valence-electron chi connectivity index (χ2n) is 6.41. The van der Waals surface area contributed by atoms with Crippen LogP contribution >= 0.6 is 23.4 Å². The zero-order chi connectivity index (χ0) is 15.6. The van der Waals surface area contributed by atoms with Gasteiger partial charge in [-0.1, -0.05) is 70.1 Å². The number of hydrogen-bond acceptors (Lipinski definition) is 3. The third kappa shape index (κ3) is 3.98. The molecule has 0 saturated carbocycles. The largest absolute Gasteiger partial charge is 0.229 e. The number of benzene rings is 1. The monoisotopic (exact) mass is 320 g/mol. The van der Waals surface area contributed by atoms with Crippen molar-refractivity contribution < 1.29 is 0 Å². The van der Waals surface area contributed by atoms with Crippen LogP contribution in [0.3, 0.4) is 0 Å². The highest BCUT2D eigenvalue weighted by Gasteiger charge is 2.16. The van der Waals surface area contributed by atoms with Gasteiger partial charge in [-0.15, -0.1) is 0 Å². The first kappa shape index (κ1) is 16.3. The molecule has 0 unspecified atom stereocenters. The molecule has 0 fully saturated rings. The molecular formula is C17H21ClN2S. The average Bonchev–Trinajstić information content (AvgIpc) is 2.38. The molecule has 112 valence electrons. The maximum absolute atomic E-state index is 6.21. The van der Waals surface area contributed by atoms with E-state index in [0.29, 0.717) is 11.1 Å². The molecule has 0 N–H and O–H groups in total. The molecule has 21 heavy (non-hydrogen) atoms. The molecule has 0 radical (unpaired) electrons. The van der Waals surface area contributed by atoms with Crippen LogP contribution in [0.1, 0.15) is 51.7 Å². The lowest BCUT2D eigenvalue weighted by Crippen LogP contribution is -2.10. The second-order valence-corrected chi connectivity index (χ2v) is 7.83. The molecule has 0 aliphatic carbocycles. The van der Waals surface area contributed by atoms with E-state index in [1.807, 2.05) is 0 Å². The van der Waals surface area contributed by atoms with E-state index in [9.17, 15) is 0 Å². The molecule has 2 nitrogen and oxygen atoms in total. The van der Waals surface area contributed by atoms with Gasteiger partial charge in [0.2, 0.25) is 0 Å². The minimum absolute atomic E-state index is 0.171.